The molecule has 2 N–H and O–H groups in total. The number of nitrogens with two attached hydrogens (primary N) is 1. The molecule has 0 aromatic heterocycles. The van der Waals surface area contributed by atoms with Crippen LogP contribution in [-0.4, -0.2) is 30.4 Å². The zero-order valence-electron chi connectivity index (χ0n) is 12.8. The lowest BCUT2D eigenvalue weighted by Gasteiger charge is -2.38. The van der Waals surface area contributed by atoms with Gasteiger partial charge >= 0.3 is 0 Å². The average molecular weight is 286 g/mol. The Morgan fingerprint density at radius 1 is 1.14 bits per heavy atom. The van der Waals surface area contributed by atoms with E-state index in [4.69, 9.17) is 5.73 Å². The number of hydrogen-bond acceptors (Lipinski definition) is 2. The summed E-state index contributed by atoms with van der Waals surface area (Å²) in [6.45, 7) is 2.30. The van der Waals surface area contributed by atoms with Gasteiger partial charge in [0.25, 0.3) is 0 Å². The first-order valence-electron chi connectivity index (χ1n) is 8.29. The average Bonchev–Trinajstić information content (AvgIpc) is 3.05. The van der Waals surface area contributed by atoms with Crippen LogP contribution < -0.4 is 5.73 Å². The molecule has 1 amide bonds. The molecule has 2 aliphatic rings. The van der Waals surface area contributed by atoms with Crippen LogP contribution in [0.15, 0.2) is 30.3 Å². The molecule has 21 heavy (non-hydrogen) atoms. The van der Waals surface area contributed by atoms with Gasteiger partial charge in [0.1, 0.15) is 0 Å². The minimum absolute atomic E-state index is 0.237. The molecule has 1 saturated carbocycles. The predicted molar refractivity (Wildman–Crippen MR) is 85.0 cm³/mol. The second-order valence-electron chi connectivity index (χ2n) is 6.67. The minimum Gasteiger partial charge on any atom is -0.342 e. The Hall–Kier alpha value is -1.35. The van der Waals surface area contributed by atoms with Crippen LogP contribution in [0.1, 0.15) is 50.0 Å². The predicted octanol–water partition coefficient (Wildman–Crippen LogP) is 2.91. The van der Waals surface area contributed by atoms with Crippen LogP contribution in [0.2, 0.25) is 0 Å². The fourth-order valence-corrected chi connectivity index (χ4v) is 4.03. The monoisotopic (exact) mass is 286 g/mol. The van der Waals surface area contributed by atoms with Crippen molar-refractivity contribution < 1.29 is 4.79 Å². The molecule has 0 bridgehead atoms. The van der Waals surface area contributed by atoms with Gasteiger partial charge in [-0.1, -0.05) is 43.2 Å². The van der Waals surface area contributed by atoms with Crippen molar-refractivity contribution in [3.63, 3.8) is 0 Å². The van der Waals surface area contributed by atoms with E-state index in [-0.39, 0.29) is 5.41 Å². The second-order valence-corrected chi connectivity index (χ2v) is 6.67. The Morgan fingerprint density at radius 2 is 1.76 bits per heavy atom. The third-order valence-corrected chi connectivity index (χ3v) is 5.46. The van der Waals surface area contributed by atoms with Gasteiger partial charge in [0.15, 0.2) is 0 Å². The van der Waals surface area contributed by atoms with E-state index >= 15 is 0 Å². The van der Waals surface area contributed by atoms with E-state index in [2.05, 4.69) is 35.2 Å². The Balaban J connectivity index is 1.62. The van der Waals surface area contributed by atoms with Crippen molar-refractivity contribution in [2.45, 2.75) is 44.4 Å². The maximum atomic E-state index is 12.8. The molecule has 2 fully saturated rings. The van der Waals surface area contributed by atoms with E-state index in [1.165, 1.54) is 5.56 Å². The molecule has 1 aliphatic heterocycles. The third-order valence-electron chi connectivity index (χ3n) is 5.46. The summed E-state index contributed by atoms with van der Waals surface area (Å²) in [5, 5.41) is 0. The molecule has 0 spiro atoms. The summed E-state index contributed by atoms with van der Waals surface area (Å²) >= 11 is 0. The highest BCUT2D eigenvalue weighted by Crippen LogP contribution is 2.40. The summed E-state index contributed by atoms with van der Waals surface area (Å²) in [5.74, 6) is 0.932. The molecule has 0 unspecified atom stereocenters. The second kappa shape index (κ2) is 6.18. The molecule has 1 aromatic carbocycles. The van der Waals surface area contributed by atoms with Crippen LogP contribution in [-0.2, 0) is 4.79 Å². The fraction of sp³-hybridized carbons (Fsp3) is 0.611. The largest absolute Gasteiger partial charge is 0.342 e. The molecule has 3 nitrogen and oxygen atoms in total. The molecule has 1 aliphatic carbocycles. The van der Waals surface area contributed by atoms with Crippen molar-refractivity contribution in [2.24, 2.45) is 11.1 Å². The van der Waals surface area contributed by atoms with E-state index < -0.39 is 0 Å². The number of carbonyl (C=O) groups excluding carboxylic acids is 1. The maximum absolute atomic E-state index is 12.8. The highest BCUT2D eigenvalue weighted by Gasteiger charge is 2.42. The van der Waals surface area contributed by atoms with E-state index in [0.717, 1.165) is 51.6 Å². The number of benzene rings is 1. The van der Waals surface area contributed by atoms with Crippen LogP contribution in [0.5, 0.6) is 0 Å². The van der Waals surface area contributed by atoms with Gasteiger partial charge in [-0.15, -0.1) is 0 Å². The zero-order valence-corrected chi connectivity index (χ0v) is 12.8. The zero-order chi connectivity index (χ0) is 14.7. The quantitative estimate of drug-likeness (QED) is 0.928. The van der Waals surface area contributed by atoms with Gasteiger partial charge in [0, 0.05) is 19.6 Å². The molecular weight excluding hydrogens is 260 g/mol. The van der Waals surface area contributed by atoms with Gasteiger partial charge in [0.2, 0.25) is 5.91 Å². The lowest BCUT2D eigenvalue weighted by Crippen LogP contribution is -2.49. The number of rotatable bonds is 3. The molecule has 0 radical (unpaired) electrons. The molecule has 3 rings (SSSR count). The number of likely N-dealkylation sites (tertiary alicyclic amines) is 1. The molecule has 0 atom stereocenters. The van der Waals surface area contributed by atoms with Gasteiger partial charge < -0.3 is 10.6 Å². The Morgan fingerprint density at radius 3 is 2.33 bits per heavy atom. The summed E-state index contributed by atoms with van der Waals surface area (Å²) in [6, 6.07) is 10.7. The van der Waals surface area contributed by atoms with E-state index in [1.807, 2.05) is 0 Å². The SMILES string of the molecule is NCC1(C(=O)N2CCC(c3ccccc3)CC2)CCCC1. The molecule has 1 saturated heterocycles. The number of carbonyl (C=O) groups is 1. The fourth-order valence-electron chi connectivity index (χ4n) is 4.03. The van der Waals surface area contributed by atoms with Gasteiger partial charge in [-0.2, -0.15) is 0 Å². The van der Waals surface area contributed by atoms with Gasteiger partial charge in [-0.3, -0.25) is 4.79 Å². The van der Waals surface area contributed by atoms with Crippen LogP contribution in [0.25, 0.3) is 0 Å². The van der Waals surface area contributed by atoms with Crippen LogP contribution in [0.4, 0.5) is 0 Å². The molecule has 1 aromatic rings. The number of piperidine rings is 1. The summed E-state index contributed by atoms with van der Waals surface area (Å²) in [5.41, 5.74) is 7.13. The Labute approximate surface area is 127 Å². The van der Waals surface area contributed by atoms with Crippen molar-refractivity contribution in [1.82, 2.24) is 4.90 Å². The van der Waals surface area contributed by atoms with Crippen LogP contribution in [0.3, 0.4) is 0 Å². The summed E-state index contributed by atoms with van der Waals surface area (Å²) < 4.78 is 0. The summed E-state index contributed by atoms with van der Waals surface area (Å²) in [4.78, 5) is 14.9. The first-order chi connectivity index (χ1) is 10.2. The highest BCUT2D eigenvalue weighted by atomic mass is 16.2. The molecular formula is C18H26N2O. The number of nitrogens with zero attached hydrogens (tertiary/aromatic N) is 1. The van der Waals surface area contributed by atoms with Gasteiger partial charge in [0.05, 0.1) is 5.41 Å². The first-order valence-corrected chi connectivity index (χ1v) is 8.29. The van der Waals surface area contributed by atoms with E-state index in [0.29, 0.717) is 18.4 Å². The van der Waals surface area contributed by atoms with Crippen molar-refractivity contribution in [2.75, 3.05) is 19.6 Å². The van der Waals surface area contributed by atoms with Crippen molar-refractivity contribution >= 4 is 5.91 Å². The molecule has 1 heterocycles. The van der Waals surface area contributed by atoms with Crippen molar-refractivity contribution in [1.29, 1.82) is 0 Å². The lowest BCUT2D eigenvalue weighted by atomic mass is 9.83. The molecule has 3 heteroatoms. The van der Waals surface area contributed by atoms with E-state index in [9.17, 15) is 4.79 Å². The standard InChI is InChI=1S/C18H26N2O/c19-14-18(10-4-5-11-18)17(21)20-12-8-16(9-13-20)15-6-2-1-3-7-15/h1-3,6-7,16H,4-5,8-14,19H2. The Kier molecular flexibility index (Phi) is 4.29. The Bertz CT molecular complexity index is 471. The third kappa shape index (κ3) is 2.84. The van der Waals surface area contributed by atoms with Crippen LogP contribution >= 0.6 is 0 Å². The van der Waals surface area contributed by atoms with Gasteiger partial charge in [-0.25, -0.2) is 0 Å². The maximum Gasteiger partial charge on any atom is 0.230 e. The normalized spacial score (nSPS) is 22.4. The number of amides is 1. The summed E-state index contributed by atoms with van der Waals surface area (Å²) in [6.07, 6.45) is 6.45. The minimum atomic E-state index is -0.237. The highest BCUT2D eigenvalue weighted by molar-refractivity contribution is 5.83. The van der Waals surface area contributed by atoms with Crippen molar-refractivity contribution in [3.05, 3.63) is 35.9 Å². The van der Waals surface area contributed by atoms with E-state index in [1.54, 1.807) is 0 Å². The summed E-state index contributed by atoms with van der Waals surface area (Å²) in [7, 11) is 0. The first kappa shape index (κ1) is 14.6. The smallest absolute Gasteiger partial charge is 0.230 e. The lowest BCUT2D eigenvalue weighted by molar-refractivity contribution is -0.142. The topological polar surface area (TPSA) is 46.3 Å². The van der Waals surface area contributed by atoms with Crippen LogP contribution in [0, 0.1) is 5.41 Å². The van der Waals surface area contributed by atoms with Gasteiger partial charge in [-0.05, 0) is 37.2 Å². The number of hydrogen-bond donors (Lipinski definition) is 1. The molecule has 114 valence electrons. The van der Waals surface area contributed by atoms with Crippen molar-refractivity contribution in [3.8, 4) is 0 Å².